The normalized spacial score (nSPS) is 20.3. The predicted molar refractivity (Wildman–Crippen MR) is 61.0 cm³/mol. The van der Waals surface area contributed by atoms with Gasteiger partial charge in [-0.3, -0.25) is 4.79 Å². The van der Waals surface area contributed by atoms with Crippen LogP contribution in [-0.2, 0) is 9.53 Å². The van der Waals surface area contributed by atoms with Crippen molar-refractivity contribution in [1.29, 1.82) is 0 Å². The van der Waals surface area contributed by atoms with Crippen molar-refractivity contribution in [2.45, 2.75) is 19.4 Å². The molecule has 0 spiro atoms. The first-order valence-electron chi connectivity index (χ1n) is 5.52. The molecule has 1 saturated heterocycles. The number of carboxylic acid groups (broad SMARTS) is 1. The van der Waals surface area contributed by atoms with Crippen LogP contribution < -0.4 is 4.90 Å². The third-order valence-electron chi connectivity index (χ3n) is 2.69. The van der Waals surface area contributed by atoms with Crippen molar-refractivity contribution in [2.24, 2.45) is 0 Å². The predicted octanol–water partition coefficient (Wildman–Crippen LogP) is 0.465. The van der Waals surface area contributed by atoms with E-state index in [1.807, 2.05) is 11.8 Å². The molecule has 6 nitrogen and oxygen atoms in total. The molecule has 1 aliphatic heterocycles. The zero-order valence-electron chi connectivity index (χ0n) is 9.67. The van der Waals surface area contributed by atoms with E-state index < -0.39 is 5.97 Å². The van der Waals surface area contributed by atoms with Crippen LogP contribution in [0.3, 0.4) is 0 Å². The molecule has 1 atom stereocenters. The van der Waals surface area contributed by atoms with Crippen molar-refractivity contribution in [1.82, 2.24) is 9.97 Å². The molecule has 0 aromatic carbocycles. The van der Waals surface area contributed by atoms with E-state index in [0.717, 1.165) is 5.82 Å². The van der Waals surface area contributed by atoms with E-state index in [4.69, 9.17) is 9.84 Å². The summed E-state index contributed by atoms with van der Waals surface area (Å²) < 4.78 is 5.32. The highest BCUT2D eigenvalue weighted by atomic mass is 16.5. The number of carboxylic acids is 1. The first kappa shape index (κ1) is 11.8. The van der Waals surface area contributed by atoms with Gasteiger partial charge in [-0.1, -0.05) is 0 Å². The molecular weight excluding hydrogens is 222 g/mol. The van der Waals surface area contributed by atoms with Crippen LogP contribution in [0.15, 0.2) is 12.3 Å². The Balaban J connectivity index is 2.18. The molecule has 2 heterocycles. The molecule has 0 amide bonds. The van der Waals surface area contributed by atoms with E-state index in [-0.39, 0.29) is 12.5 Å². The average molecular weight is 237 g/mol. The summed E-state index contributed by atoms with van der Waals surface area (Å²) in [5.41, 5.74) is 0. The fraction of sp³-hybridized carbons (Fsp3) is 0.545. The van der Waals surface area contributed by atoms with Crippen molar-refractivity contribution >= 4 is 11.8 Å². The number of carbonyl (C=O) groups is 1. The SMILES string of the molecule is Cc1nccc(N2CCOCC2CC(=O)O)n1. The maximum atomic E-state index is 10.8. The number of aryl methyl sites for hydroxylation is 1. The molecule has 0 saturated carbocycles. The van der Waals surface area contributed by atoms with E-state index >= 15 is 0 Å². The number of anilines is 1. The standard InChI is InChI=1S/C11H15N3O3/c1-8-12-3-2-10(13-8)14-4-5-17-7-9(14)6-11(15)16/h2-3,9H,4-7H2,1H3,(H,15,16). The van der Waals surface area contributed by atoms with Crippen LogP contribution in [-0.4, -0.2) is 46.8 Å². The minimum Gasteiger partial charge on any atom is -0.481 e. The third-order valence-corrected chi connectivity index (χ3v) is 2.69. The van der Waals surface area contributed by atoms with Gasteiger partial charge in [0.1, 0.15) is 11.6 Å². The molecule has 17 heavy (non-hydrogen) atoms. The van der Waals surface area contributed by atoms with Crippen molar-refractivity contribution in [3.63, 3.8) is 0 Å². The first-order valence-corrected chi connectivity index (χ1v) is 5.52. The molecule has 92 valence electrons. The van der Waals surface area contributed by atoms with Crippen LogP contribution in [0.2, 0.25) is 0 Å². The largest absolute Gasteiger partial charge is 0.481 e. The van der Waals surface area contributed by atoms with Gasteiger partial charge in [-0.25, -0.2) is 9.97 Å². The van der Waals surface area contributed by atoms with Gasteiger partial charge in [0.05, 0.1) is 25.7 Å². The van der Waals surface area contributed by atoms with Gasteiger partial charge in [-0.2, -0.15) is 0 Å². The summed E-state index contributed by atoms with van der Waals surface area (Å²) >= 11 is 0. The summed E-state index contributed by atoms with van der Waals surface area (Å²) in [6.07, 6.45) is 1.74. The maximum absolute atomic E-state index is 10.8. The number of aliphatic carboxylic acids is 1. The molecule has 0 bridgehead atoms. The lowest BCUT2D eigenvalue weighted by Crippen LogP contribution is -2.47. The maximum Gasteiger partial charge on any atom is 0.305 e. The van der Waals surface area contributed by atoms with Crippen LogP contribution in [0.5, 0.6) is 0 Å². The second-order valence-corrected chi connectivity index (χ2v) is 3.98. The molecular formula is C11H15N3O3. The van der Waals surface area contributed by atoms with Crippen molar-refractivity contribution in [3.05, 3.63) is 18.1 Å². The van der Waals surface area contributed by atoms with Gasteiger partial charge in [-0.05, 0) is 13.0 Å². The van der Waals surface area contributed by atoms with E-state index in [2.05, 4.69) is 9.97 Å². The second-order valence-electron chi connectivity index (χ2n) is 3.98. The van der Waals surface area contributed by atoms with Gasteiger partial charge in [0, 0.05) is 12.7 Å². The molecule has 1 unspecified atom stereocenters. The lowest BCUT2D eigenvalue weighted by molar-refractivity contribution is -0.138. The molecule has 2 rings (SSSR count). The Bertz CT molecular complexity index is 411. The van der Waals surface area contributed by atoms with Gasteiger partial charge in [0.15, 0.2) is 0 Å². The molecule has 0 radical (unpaired) electrons. The lowest BCUT2D eigenvalue weighted by atomic mass is 10.1. The summed E-state index contributed by atoms with van der Waals surface area (Å²) in [4.78, 5) is 21.1. The zero-order valence-corrected chi connectivity index (χ0v) is 9.67. The molecule has 1 fully saturated rings. The van der Waals surface area contributed by atoms with Crippen molar-refractivity contribution in [3.8, 4) is 0 Å². The van der Waals surface area contributed by atoms with Crippen LogP contribution in [0.25, 0.3) is 0 Å². The smallest absolute Gasteiger partial charge is 0.305 e. The molecule has 1 aliphatic rings. The highest BCUT2D eigenvalue weighted by Gasteiger charge is 2.26. The number of hydrogen-bond donors (Lipinski definition) is 1. The van der Waals surface area contributed by atoms with E-state index in [0.29, 0.717) is 25.6 Å². The topological polar surface area (TPSA) is 75.6 Å². The van der Waals surface area contributed by atoms with Gasteiger partial charge in [0.2, 0.25) is 0 Å². The average Bonchev–Trinajstić information content (AvgIpc) is 2.29. The number of morpholine rings is 1. The summed E-state index contributed by atoms with van der Waals surface area (Å²) in [5, 5.41) is 8.87. The fourth-order valence-electron chi connectivity index (χ4n) is 1.93. The Morgan fingerprint density at radius 1 is 1.71 bits per heavy atom. The van der Waals surface area contributed by atoms with E-state index in [1.54, 1.807) is 12.3 Å². The summed E-state index contributed by atoms with van der Waals surface area (Å²) in [6.45, 7) is 3.50. The minimum absolute atomic E-state index is 0.0586. The quantitative estimate of drug-likeness (QED) is 0.823. The van der Waals surface area contributed by atoms with Gasteiger partial charge in [0.25, 0.3) is 0 Å². The minimum atomic E-state index is -0.823. The molecule has 1 aromatic rings. The highest BCUT2D eigenvalue weighted by molar-refractivity contribution is 5.68. The Morgan fingerprint density at radius 3 is 3.24 bits per heavy atom. The van der Waals surface area contributed by atoms with Gasteiger partial charge < -0.3 is 14.7 Å². The Labute approximate surface area is 99.2 Å². The van der Waals surface area contributed by atoms with Crippen molar-refractivity contribution < 1.29 is 14.6 Å². The van der Waals surface area contributed by atoms with Crippen LogP contribution in [0.1, 0.15) is 12.2 Å². The molecule has 1 N–H and O–H groups in total. The van der Waals surface area contributed by atoms with Crippen LogP contribution >= 0.6 is 0 Å². The molecule has 1 aromatic heterocycles. The number of aromatic nitrogens is 2. The first-order chi connectivity index (χ1) is 8.16. The Morgan fingerprint density at radius 2 is 2.53 bits per heavy atom. The zero-order chi connectivity index (χ0) is 12.3. The highest BCUT2D eigenvalue weighted by Crippen LogP contribution is 2.18. The van der Waals surface area contributed by atoms with Gasteiger partial charge in [-0.15, -0.1) is 0 Å². The third kappa shape index (κ3) is 2.91. The van der Waals surface area contributed by atoms with Crippen LogP contribution in [0.4, 0.5) is 5.82 Å². The summed E-state index contributed by atoms with van der Waals surface area (Å²) in [6, 6.07) is 1.64. The Hall–Kier alpha value is -1.69. The Kier molecular flexibility index (Phi) is 3.53. The molecule has 6 heteroatoms. The van der Waals surface area contributed by atoms with Crippen LogP contribution in [0, 0.1) is 6.92 Å². The second kappa shape index (κ2) is 5.09. The number of hydrogen-bond acceptors (Lipinski definition) is 5. The number of ether oxygens (including phenoxy) is 1. The number of nitrogens with zero attached hydrogens (tertiary/aromatic N) is 3. The summed E-state index contributed by atoms with van der Waals surface area (Å²) in [5.74, 6) is 0.631. The molecule has 0 aliphatic carbocycles. The van der Waals surface area contributed by atoms with Crippen molar-refractivity contribution in [2.75, 3.05) is 24.7 Å². The van der Waals surface area contributed by atoms with Gasteiger partial charge >= 0.3 is 5.97 Å². The van der Waals surface area contributed by atoms with E-state index in [1.165, 1.54) is 0 Å². The fourth-order valence-corrected chi connectivity index (χ4v) is 1.93. The summed E-state index contributed by atoms with van der Waals surface area (Å²) in [7, 11) is 0. The monoisotopic (exact) mass is 237 g/mol. The number of rotatable bonds is 3. The van der Waals surface area contributed by atoms with E-state index in [9.17, 15) is 4.79 Å². The lowest BCUT2D eigenvalue weighted by Gasteiger charge is -2.35.